The van der Waals surface area contributed by atoms with Crippen LogP contribution in [0.4, 0.5) is 0 Å². The molecule has 0 aliphatic rings. The summed E-state index contributed by atoms with van der Waals surface area (Å²) in [6.07, 6.45) is 8.36. The summed E-state index contributed by atoms with van der Waals surface area (Å²) in [6, 6.07) is 0. The molecule has 0 N–H and O–H groups in total. The van der Waals surface area contributed by atoms with Crippen LogP contribution < -0.4 is 4.57 Å². The monoisotopic (exact) mass is 218 g/mol. The van der Waals surface area contributed by atoms with Gasteiger partial charge in [0.2, 0.25) is 16.7 Å². The van der Waals surface area contributed by atoms with Crippen LogP contribution in [0.3, 0.4) is 0 Å². The predicted molar refractivity (Wildman–Crippen MR) is 46.6 cm³/mol. The lowest BCUT2D eigenvalue weighted by Gasteiger charge is -2.03. The molecule has 0 fully saturated rings. The number of aromatic nitrogens is 2. The average Bonchev–Trinajstić information content (AvgIpc) is 2.44. The van der Waals surface area contributed by atoms with Gasteiger partial charge in [-0.2, -0.15) is 0 Å². The van der Waals surface area contributed by atoms with E-state index in [1.165, 1.54) is 6.08 Å². The molecule has 0 unspecified atom stereocenters. The van der Waals surface area contributed by atoms with Crippen molar-refractivity contribution in [3.63, 3.8) is 0 Å². The van der Waals surface area contributed by atoms with E-state index in [1.807, 2.05) is 17.8 Å². The minimum atomic E-state index is -4.59. The first-order valence-corrected chi connectivity index (χ1v) is 5.10. The van der Waals surface area contributed by atoms with Gasteiger partial charge in [-0.05, 0) is 6.08 Å². The van der Waals surface area contributed by atoms with Gasteiger partial charge in [-0.3, -0.25) is 4.18 Å². The van der Waals surface area contributed by atoms with Crippen LogP contribution in [0.1, 0.15) is 0 Å². The smallest absolute Gasteiger partial charge is 0.248 e. The van der Waals surface area contributed by atoms with Crippen LogP contribution in [0.25, 0.3) is 6.20 Å². The molecule has 1 heterocycles. The fourth-order valence-corrected chi connectivity index (χ4v) is 1.09. The lowest BCUT2D eigenvalue weighted by Crippen LogP contribution is -2.23. The molecule has 0 aliphatic heterocycles. The SMILES string of the molecule is C[n+]1ccn(C=CCOS(=O)(=O)[O-])c1. The largest absolute Gasteiger partial charge is 0.726 e. The average molecular weight is 218 g/mol. The number of aryl methyl sites for hydroxylation is 1. The molecule has 7 heteroatoms. The number of nitrogens with zero attached hydrogens (tertiary/aromatic N) is 2. The maximum atomic E-state index is 10.0. The van der Waals surface area contributed by atoms with Crippen LogP contribution in [-0.2, 0) is 21.6 Å². The van der Waals surface area contributed by atoms with Crippen LogP contribution in [0.5, 0.6) is 0 Å². The molecule has 1 rings (SSSR count). The normalized spacial score (nSPS) is 12.4. The molecule has 0 aliphatic carbocycles. The number of hydrogen-bond donors (Lipinski definition) is 0. The molecule has 6 nitrogen and oxygen atoms in total. The van der Waals surface area contributed by atoms with Gasteiger partial charge in [-0.1, -0.05) is 0 Å². The zero-order chi connectivity index (χ0) is 10.6. The predicted octanol–water partition coefficient (Wildman–Crippen LogP) is -0.740. The minimum absolute atomic E-state index is 0.256. The Hall–Kier alpha value is -1.18. The molecule has 0 bridgehead atoms. The Kier molecular flexibility index (Phi) is 3.39. The Bertz CT molecular complexity index is 421. The van der Waals surface area contributed by atoms with Crippen molar-refractivity contribution in [3.05, 3.63) is 24.8 Å². The van der Waals surface area contributed by atoms with E-state index in [2.05, 4.69) is 4.18 Å². The van der Waals surface area contributed by atoms with Crippen molar-refractivity contribution in [1.82, 2.24) is 4.57 Å². The third-order valence-corrected chi connectivity index (χ3v) is 1.80. The summed E-state index contributed by atoms with van der Waals surface area (Å²) in [5.74, 6) is 0. The number of hydrogen-bond acceptors (Lipinski definition) is 4. The van der Waals surface area contributed by atoms with Gasteiger partial charge in [-0.15, -0.1) is 0 Å². The first-order valence-electron chi connectivity index (χ1n) is 3.77. The molecular weight excluding hydrogens is 208 g/mol. The second-order valence-corrected chi connectivity index (χ2v) is 3.66. The van der Waals surface area contributed by atoms with Crippen LogP contribution in [0.15, 0.2) is 24.8 Å². The van der Waals surface area contributed by atoms with Gasteiger partial charge in [0.15, 0.2) is 0 Å². The van der Waals surface area contributed by atoms with Crippen molar-refractivity contribution in [2.45, 2.75) is 0 Å². The summed E-state index contributed by atoms with van der Waals surface area (Å²) >= 11 is 0. The summed E-state index contributed by atoms with van der Waals surface area (Å²) in [5, 5.41) is 0. The molecule has 0 saturated heterocycles. The standard InChI is InChI=1S/C7H10N2O4S/c1-8-4-5-9(7-8)3-2-6-13-14(10,11)12/h2-5,7H,6H2,1H3. The summed E-state index contributed by atoms with van der Waals surface area (Å²) in [4.78, 5) is 0. The highest BCUT2D eigenvalue weighted by Gasteiger charge is 1.94. The quantitative estimate of drug-likeness (QED) is 0.379. The maximum Gasteiger partial charge on any atom is 0.248 e. The fourth-order valence-electron chi connectivity index (χ4n) is 0.845. The molecule has 0 aromatic carbocycles. The Morgan fingerprint density at radius 3 is 2.86 bits per heavy atom. The highest BCUT2D eigenvalue weighted by Crippen LogP contribution is 1.89. The molecule has 0 saturated carbocycles. The lowest BCUT2D eigenvalue weighted by molar-refractivity contribution is -0.670. The van der Waals surface area contributed by atoms with Crippen molar-refractivity contribution < 1.29 is 21.7 Å². The molecule has 1 aromatic rings. The van der Waals surface area contributed by atoms with Crippen molar-refractivity contribution >= 4 is 16.6 Å². The zero-order valence-electron chi connectivity index (χ0n) is 7.53. The summed E-state index contributed by atoms with van der Waals surface area (Å²) in [5.41, 5.74) is 0. The molecule has 14 heavy (non-hydrogen) atoms. The second-order valence-electron chi connectivity index (χ2n) is 2.60. The molecule has 0 radical (unpaired) electrons. The highest BCUT2D eigenvalue weighted by atomic mass is 32.3. The first-order chi connectivity index (χ1) is 6.47. The molecule has 78 valence electrons. The van der Waals surface area contributed by atoms with Crippen molar-refractivity contribution in [2.24, 2.45) is 7.05 Å². The van der Waals surface area contributed by atoms with E-state index in [-0.39, 0.29) is 6.61 Å². The van der Waals surface area contributed by atoms with Gasteiger partial charge >= 0.3 is 0 Å². The fraction of sp³-hybridized carbons (Fsp3) is 0.286. The Labute approximate surface area is 82.0 Å². The molecule has 1 aromatic heterocycles. The first kappa shape index (κ1) is 10.9. The minimum Gasteiger partial charge on any atom is -0.726 e. The van der Waals surface area contributed by atoms with E-state index in [9.17, 15) is 13.0 Å². The van der Waals surface area contributed by atoms with Gasteiger partial charge in [0.05, 0.1) is 19.9 Å². The number of imidazole rings is 1. The van der Waals surface area contributed by atoms with Gasteiger partial charge < -0.3 is 4.55 Å². The Balaban J connectivity index is 2.42. The highest BCUT2D eigenvalue weighted by molar-refractivity contribution is 7.80. The lowest BCUT2D eigenvalue weighted by atomic mass is 10.6. The van der Waals surface area contributed by atoms with Gasteiger partial charge in [0.1, 0.15) is 12.4 Å². The maximum absolute atomic E-state index is 10.0. The van der Waals surface area contributed by atoms with Crippen LogP contribution in [0, 0.1) is 0 Å². The molecule has 0 amide bonds. The van der Waals surface area contributed by atoms with Gasteiger partial charge in [0, 0.05) is 0 Å². The molecule has 0 spiro atoms. The molecular formula is C7H10N2O4S. The zero-order valence-corrected chi connectivity index (χ0v) is 8.35. The second kappa shape index (κ2) is 4.36. The number of rotatable bonds is 4. The van der Waals surface area contributed by atoms with Gasteiger partial charge in [-0.25, -0.2) is 17.6 Å². The van der Waals surface area contributed by atoms with Crippen LogP contribution in [0.2, 0.25) is 0 Å². The van der Waals surface area contributed by atoms with E-state index >= 15 is 0 Å². The summed E-state index contributed by atoms with van der Waals surface area (Å²) in [6.45, 7) is -0.256. The third kappa shape index (κ3) is 4.17. The van der Waals surface area contributed by atoms with Crippen LogP contribution in [-0.4, -0.2) is 24.1 Å². The van der Waals surface area contributed by atoms with Crippen molar-refractivity contribution in [1.29, 1.82) is 0 Å². The topological polar surface area (TPSA) is 75.2 Å². The Morgan fingerprint density at radius 2 is 2.36 bits per heavy atom. The van der Waals surface area contributed by atoms with Crippen molar-refractivity contribution in [2.75, 3.05) is 6.61 Å². The Morgan fingerprint density at radius 1 is 1.64 bits per heavy atom. The summed E-state index contributed by atoms with van der Waals surface area (Å²) < 4.78 is 37.6. The van der Waals surface area contributed by atoms with Crippen LogP contribution >= 0.6 is 0 Å². The van der Waals surface area contributed by atoms with E-state index < -0.39 is 10.4 Å². The van der Waals surface area contributed by atoms with E-state index in [0.29, 0.717) is 0 Å². The van der Waals surface area contributed by atoms with Gasteiger partial charge in [0.25, 0.3) is 0 Å². The molecule has 0 atom stereocenters. The summed E-state index contributed by atoms with van der Waals surface area (Å²) in [7, 11) is -2.74. The third-order valence-electron chi connectivity index (χ3n) is 1.38. The van der Waals surface area contributed by atoms with E-state index in [4.69, 9.17) is 0 Å². The van der Waals surface area contributed by atoms with E-state index in [0.717, 1.165) is 0 Å². The van der Waals surface area contributed by atoms with Crippen molar-refractivity contribution in [3.8, 4) is 0 Å². The van der Waals surface area contributed by atoms with E-state index in [1.54, 1.807) is 23.3 Å².